The molecule has 0 unspecified atom stereocenters. The van der Waals surface area contributed by atoms with E-state index in [-0.39, 0.29) is 18.0 Å². The lowest BCUT2D eigenvalue weighted by Gasteiger charge is -2.15. The van der Waals surface area contributed by atoms with E-state index in [1.54, 1.807) is 7.05 Å². The fraction of sp³-hybridized carbons (Fsp3) is 0.364. The first-order valence-electron chi connectivity index (χ1n) is 5.14. The Bertz CT molecular complexity index is 492. The lowest BCUT2D eigenvalue weighted by atomic mass is 10.3. The van der Waals surface area contributed by atoms with Gasteiger partial charge in [0.2, 0.25) is 5.91 Å². The first-order chi connectivity index (χ1) is 7.97. The van der Waals surface area contributed by atoms with Crippen LogP contribution in [0.4, 0.5) is 0 Å². The van der Waals surface area contributed by atoms with Crippen LogP contribution in [0, 0.1) is 0 Å². The van der Waals surface area contributed by atoms with E-state index in [1.165, 1.54) is 23.2 Å². The van der Waals surface area contributed by atoms with Crippen molar-refractivity contribution in [1.29, 1.82) is 0 Å². The number of carbonyl (C=O) groups is 2. The largest absolute Gasteiger partial charge is 0.477 e. The highest BCUT2D eigenvalue weighted by Crippen LogP contribution is 1.94. The second-order valence-electron chi connectivity index (χ2n) is 3.57. The second kappa shape index (κ2) is 5.29. The highest BCUT2D eigenvalue weighted by atomic mass is 16.4. The number of amides is 1. The number of carboxylic acids is 1. The number of carboxylic acid groups (broad SMARTS) is 1. The third kappa shape index (κ3) is 2.93. The Morgan fingerprint density at radius 3 is 2.65 bits per heavy atom. The van der Waals surface area contributed by atoms with Crippen molar-refractivity contribution in [3.8, 4) is 0 Å². The Morgan fingerprint density at radius 1 is 1.47 bits per heavy atom. The smallest absolute Gasteiger partial charge is 0.341 e. The molecule has 92 valence electrons. The fourth-order valence-corrected chi connectivity index (χ4v) is 1.27. The van der Waals surface area contributed by atoms with Gasteiger partial charge in [0, 0.05) is 19.8 Å². The van der Waals surface area contributed by atoms with Gasteiger partial charge in [-0.1, -0.05) is 0 Å². The number of pyridine rings is 1. The summed E-state index contributed by atoms with van der Waals surface area (Å²) in [7, 11) is 1.62. The maximum Gasteiger partial charge on any atom is 0.341 e. The first-order valence-corrected chi connectivity index (χ1v) is 5.14. The normalized spacial score (nSPS) is 10.0. The molecule has 0 radical (unpaired) electrons. The molecular formula is C11H14N2O4. The summed E-state index contributed by atoms with van der Waals surface area (Å²) in [4.78, 5) is 35.5. The molecule has 17 heavy (non-hydrogen) atoms. The summed E-state index contributed by atoms with van der Waals surface area (Å²) in [6.45, 7) is 2.20. The van der Waals surface area contributed by atoms with Crippen LogP contribution in [0.2, 0.25) is 0 Å². The third-order valence-electron chi connectivity index (χ3n) is 2.46. The topological polar surface area (TPSA) is 79.6 Å². The first kappa shape index (κ1) is 13.0. The molecule has 0 saturated carbocycles. The molecule has 1 rings (SSSR count). The maximum absolute atomic E-state index is 11.7. The van der Waals surface area contributed by atoms with E-state index in [0.717, 1.165) is 4.57 Å². The molecule has 6 nitrogen and oxygen atoms in total. The summed E-state index contributed by atoms with van der Waals surface area (Å²) in [6.07, 6.45) is 1.40. The minimum Gasteiger partial charge on any atom is -0.477 e. The molecule has 0 aliphatic carbocycles. The number of aromatic carboxylic acids is 1. The van der Waals surface area contributed by atoms with Gasteiger partial charge in [-0.2, -0.15) is 0 Å². The summed E-state index contributed by atoms with van der Waals surface area (Å²) in [5.41, 5.74) is -1.00. The standard InChI is InChI=1S/C11H14N2O4/c1-3-12(2)9(14)7-13-6-4-5-8(10(13)15)11(16)17/h4-6H,3,7H2,1-2H3,(H,16,17). The zero-order valence-electron chi connectivity index (χ0n) is 9.71. The van der Waals surface area contributed by atoms with E-state index in [4.69, 9.17) is 5.11 Å². The summed E-state index contributed by atoms with van der Waals surface area (Å²) in [5.74, 6) is -1.53. The average molecular weight is 238 g/mol. The van der Waals surface area contributed by atoms with Gasteiger partial charge in [0.05, 0.1) is 0 Å². The Kier molecular flexibility index (Phi) is 4.03. The molecule has 0 atom stereocenters. The predicted molar refractivity (Wildman–Crippen MR) is 61.0 cm³/mol. The van der Waals surface area contributed by atoms with Gasteiger partial charge < -0.3 is 14.6 Å². The van der Waals surface area contributed by atoms with Gasteiger partial charge in [-0.25, -0.2) is 4.79 Å². The van der Waals surface area contributed by atoms with E-state index in [1.807, 2.05) is 6.92 Å². The summed E-state index contributed by atoms with van der Waals surface area (Å²) >= 11 is 0. The van der Waals surface area contributed by atoms with Crippen molar-refractivity contribution in [2.75, 3.05) is 13.6 Å². The quantitative estimate of drug-likeness (QED) is 0.802. The molecule has 0 aliphatic rings. The third-order valence-corrected chi connectivity index (χ3v) is 2.46. The Labute approximate surface area is 98.1 Å². The zero-order valence-corrected chi connectivity index (χ0v) is 9.71. The molecule has 0 bridgehead atoms. The van der Waals surface area contributed by atoms with Crippen LogP contribution in [-0.4, -0.2) is 40.0 Å². The Balaban J connectivity index is 3.01. The van der Waals surface area contributed by atoms with Gasteiger partial charge in [-0.3, -0.25) is 9.59 Å². The van der Waals surface area contributed by atoms with Crippen molar-refractivity contribution in [2.24, 2.45) is 0 Å². The van der Waals surface area contributed by atoms with E-state index < -0.39 is 11.5 Å². The summed E-state index contributed by atoms with van der Waals surface area (Å²) in [5, 5.41) is 8.77. The number of carbonyl (C=O) groups excluding carboxylic acids is 1. The summed E-state index contributed by atoms with van der Waals surface area (Å²) < 4.78 is 1.10. The highest BCUT2D eigenvalue weighted by Gasteiger charge is 2.13. The van der Waals surface area contributed by atoms with Gasteiger partial charge in [-0.15, -0.1) is 0 Å². The molecule has 1 heterocycles. The molecule has 0 aromatic carbocycles. The Hall–Kier alpha value is -2.11. The molecule has 1 amide bonds. The monoisotopic (exact) mass is 238 g/mol. The van der Waals surface area contributed by atoms with E-state index in [2.05, 4.69) is 0 Å². The van der Waals surface area contributed by atoms with Crippen LogP contribution < -0.4 is 5.56 Å². The van der Waals surface area contributed by atoms with E-state index >= 15 is 0 Å². The molecule has 1 aromatic heterocycles. The highest BCUT2D eigenvalue weighted by molar-refractivity contribution is 5.87. The molecule has 1 N–H and O–H groups in total. The van der Waals surface area contributed by atoms with Gasteiger partial charge >= 0.3 is 5.97 Å². The van der Waals surface area contributed by atoms with E-state index in [0.29, 0.717) is 6.54 Å². The molecule has 0 aliphatic heterocycles. The van der Waals surface area contributed by atoms with Crippen molar-refractivity contribution in [3.63, 3.8) is 0 Å². The number of nitrogens with zero attached hydrogens (tertiary/aromatic N) is 2. The van der Waals surface area contributed by atoms with E-state index in [9.17, 15) is 14.4 Å². The molecular weight excluding hydrogens is 224 g/mol. The van der Waals surface area contributed by atoms with Crippen LogP contribution in [-0.2, 0) is 11.3 Å². The fourth-order valence-electron chi connectivity index (χ4n) is 1.27. The van der Waals surface area contributed by atoms with Crippen LogP contribution in [0.5, 0.6) is 0 Å². The number of hydrogen-bond acceptors (Lipinski definition) is 3. The maximum atomic E-state index is 11.7. The SMILES string of the molecule is CCN(C)C(=O)Cn1cccc(C(=O)O)c1=O. The van der Waals surface area contributed by atoms with Crippen molar-refractivity contribution in [3.05, 3.63) is 34.2 Å². The van der Waals surface area contributed by atoms with Gasteiger partial charge in [0.25, 0.3) is 5.56 Å². The van der Waals surface area contributed by atoms with Crippen LogP contribution in [0.3, 0.4) is 0 Å². The van der Waals surface area contributed by atoms with Crippen molar-refractivity contribution < 1.29 is 14.7 Å². The number of aromatic nitrogens is 1. The lowest BCUT2D eigenvalue weighted by molar-refractivity contribution is -0.130. The van der Waals surface area contributed by atoms with Crippen LogP contribution >= 0.6 is 0 Å². The van der Waals surface area contributed by atoms with Crippen molar-refractivity contribution in [1.82, 2.24) is 9.47 Å². The molecule has 6 heteroatoms. The van der Waals surface area contributed by atoms with Crippen LogP contribution in [0.1, 0.15) is 17.3 Å². The van der Waals surface area contributed by atoms with Crippen LogP contribution in [0.15, 0.2) is 23.1 Å². The molecule has 0 spiro atoms. The minimum absolute atomic E-state index is 0.149. The lowest BCUT2D eigenvalue weighted by Crippen LogP contribution is -2.35. The average Bonchev–Trinajstić information content (AvgIpc) is 2.30. The minimum atomic E-state index is -1.29. The van der Waals surface area contributed by atoms with Crippen molar-refractivity contribution >= 4 is 11.9 Å². The zero-order chi connectivity index (χ0) is 13.0. The molecule has 1 aromatic rings. The predicted octanol–water partition coefficient (Wildman–Crippen LogP) is 0.0248. The second-order valence-corrected chi connectivity index (χ2v) is 3.57. The number of likely N-dealkylation sites (N-methyl/N-ethyl adjacent to an activating group) is 1. The number of rotatable bonds is 4. The van der Waals surface area contributed by atoms with Gasteiger partial charge in [0.15, 0.2) is 0 Å². The summed E-state index contributed by atoms with van der Waals surface area (Å²) in [6, 6.07) is 2.65. The van der Waals surface area contributed by atoms with Crippen molar-refractivity contribution in [2.45, 2.75) is 13.5 Å². The molecule has 0 saturated heterocycles. The van der Waals surface area contributed by atoms with Gasteiger partial charge in [0.1, 0.15) is 12.1 Å². The Morgan fingerprint density at radius 2 is 2.12 bits per heavy atom. The number of hydrogen-bond donors (Lipinski definition) is 1. The molecule has 0 fully saturated rings. The van der Waals surface area contributed by atoms with Crippen LogP contribution in [0.25, 0.3) is 0 Å². The van der Waals surface area contributed by atoms with Gasteiger partial charge in [-0.05, 0) is 19.1 Å².